The highest BCUT2D eigenvalue weighted by Gasteiger charge is 2.16. The van der Waals surface area contributed by atoms with Gasteiger partial charge in [0.05, 0.1) is 16.2 Å². The molecule has 2 aromatic carbocycles. The molecule has 0 aliphatic carbocycles. The molecule has 1 fully saturated rings. The Morgan fingerprint density at radius 2 is 1.97 bits per heavy atom. The van der Waals surface area contributed by atoms with E-state index >= 15 is 0 Å². The van der Waals surface area contributed by atoms with Crippen molar-refractivity contribution in [3.63, 3.8) is 0 Å². The van der Waals surface area contributed by atoms with Crippen molar-refractivity contribution in [2.24, 2.45) is 0 Å². The number of anilines is 2. The summed E-state index contributed by atoms with van der Waals surface area (Å²) < 4.78 is 9.38. The highest BCUT2D eigenvalue weighted by atomic mass is 35.5. The average Bonchev–Trinajstić information content (AvgIpc) is 3.33. The van der Waals surface area contributed by atoms with Crippen molar-refractivity contribution in [2.45, 2.75) is 23.8 Å². The zero-order chi connectivity index (χ0) is 23.2. The number of nitrogens with zero attached hydrogens (tertiary/aromatic N) is 3. The fraction of sp³-hybridized carbons (Fsp3) is 0.208. The third-order valence-corrected chi connectivity index (χ3v) is 7.42. The van der Waals surface area contributed by atoms with Gasteiger partial charge < -0.3 is 20.1 Å². The van der Waals surface area contributed by atoms with Crippen molar-refractivity contribution in [3.05, 3.63) is 71.3 Å². The SMILES string of the molecule is Clc1ccccc1SNc1ccc(Oc2ncsc2-c2ccnc(NC3CCCNC3)n2)cc1. The number of rotatable bonds is 8. The first-order valence-electron chi connectivity index (χ1n) is 10.9. The number of hydrogen-bond donors (Lipinski definition) is 3. The Morgan fingerprint density at radius 1 is 1.09 bits per heavy atom. The van der Waals surface area contributed by atoms with Gasteiger partial charge in [-0.15, -0.1) is 11.3 Å². The second-order valence-electron chi connectivity index (χ2n) is 7.70. The molecule has 1 saturated heterocycles. The van der Waals surface area contributed by atoms with E-state index in [-0.39, 0.29) is 0 Å². The molecule has 1 unspecified atom stereocenters. The smallest absolute Gasteiger partial charge is 0.239 e. The minimum atomic E-state index is 0.337. The van der Waals surface area contributed by atoms with Gasteiger partial charge in [-0.25, -0.2) is 15.0 Å². The van der Waals surface area contributed by atoms with E-state index < -0.39 is 0 Å². The summed E-state index contributed by atoms with van der Waals surface area (Å²) in [5, 5.41) is 7.54. The van der Waals surface area contributed by atoms with Crippen LogP contribution in [0.5, 0.6) is 11.6 Å². The third kappa shape index (κ3) is 5.79. The molecule has 10 heteroatoms. The molecule has 1 aliphatic heterocycles. The molecule has 0 saturated carbocycles. The maximum Gasteiger partial charge on any atom is 0.239 e. The minimum absolute atomic E-state index is 0.337. The number of aromatic nitrogens is 3. The molecule has 3 N–H and O–H groups in total. The molecule has 0 amide bonds. The van der Waals surface area contributed by atoms with Gasteiger partial charge in [0, 0.05) is 29.4 Å². The van der Waals surface area contributed by atoms with Gasteiger partial charge in [0.2, 0.25) is 11.8 Å². The van der Waals surface area contributed by atoms with E-state index in [1.807, 2.05) is 54.6 Å². The Kier molecular flexibility index (Phi) is 7.45. The Hall–Kier alpha value is -2.85. The lowest BCUT2D eigenvalue weighted by atomic mass is 10.1. The number of nitrogens with one attached hydrogen (secondary N) is 3. The molecule has 34 heavy (non-hydrogen) atoms. The Balaban J connectivity index is 1.24. The van der Waals surface area contributed by atoms with E-state index in [4.69, 9.17) is 21.3 Å². The lowest BCUT2D eigenvalue weighted by Gasteiger charge is -2.23. The summed E-state index contributed by atoms with van der Waals surface area (Å²) in [7, 11) is 0. The highest BCUT2D eigenvalue weighted by Crippen LogP contribution is 2.35. The molecule has 0 spiro atoms. The standard InChI is InChI=1S/C24H23ClN6OS2/c25-19-5-1-2-6-21(19)34-31-16-7-9-18(10-8-16)32-23-22(33-15-28-23)20-11-13-27-24(30-20)29-17-4-3-12-26-14-17/h1-2,5-11,13,15,17,26,31H,3-4,12,14H2,(H,27,29,30). The zero-order valence-corrected chi connectivity index (χ0v) is 20.6. The number of hydrogen-bond acceptors (Lipinski definition) is 9. The van der Waals surface area contributed by atoms with Gasteiger partial charge in [-0.3, -0.25) is 0 Å². The van der Waals surface area contributed by atoms with Gasteiger partial charge in [0.1, 0.15) is 10.6 Å². The van der Waals surface area contributed by atoms with Crippen molar-refractivity contribution < 1.29 is 4.74 Å². The van der Waals surface area contributed by atoms with Gasteiger partial charge in [-0.1, -0.05) is 23.7 Å². The summed E-state index contributed by atoms with van der Waals surface area (Å²) in [5.41, 5.74) is 3.49. The fourth-order valence-electron chi connectivity index (χ4n) is 3.53. The van der Waals surface area contributed by atoms with E-state index in [0.29, 0.717) is 23.6 Å². The van der Waals surface area contributed by atoms with Crippen LogP contribution in [0.4, 0.5) is 11.6 Å². The number of halogens is 1. The van der Waals surface area contributed by atoms with E-state index in [9.17, 15) is 0 Å². The second kappa shape index (κ2) is 11.1. The van der Waals surface area contributed by atoms with E-state index in [2.05, 4.69) is 25.3 Å². The molecule has 3 heterocycles. The van der Waals surface area contributed by atoms with Crippen LogP contribution in [0.15, 0.2) is 71.2 Å². The first-order chi connectivity index (χ1) is 16.7. The van der Waals surface area contributed by atoms with E-state index in [1.54, 1.807) is 11.7 Å². The van der Waals surface area contributed by atoms with E-state index in [0.717, 1.165) is 52.1 Å². The first kappa shape index (κ1) is 22.9. The predicted octanol–water partition coefficient (Wildman–Crippen LogP) is 6.33. The van der Waals surface area contributed by atoms with Crippen molar-refractivity contribution in [1.29, 1.82) is 0 Å². The molecule has 5 rings (SSSR count). The second-order valence-corrected chi connectivity index (χ2v) is 9.81. The van der Waals surface area contributed by atoms with Crippen molar-refractivity contribution in [2.75, 3.05) is 23.1 Å². The molecule has 2 aromatic heterocycles. The Labute approximate surface area is 211 Å². The van der Waals surface area contributed by atoms with Gasteiger partial charge in [-0.05, 0) is 73.8 Å². The van der Waals surface area contributed by atoms with Crippen LogP contribution in [-0.2, 0) is 0 Å². The summed E-state index contributed by atoms with van der Waals surface area (Å²) in [4.78, 5) is 15.3. The number of benzene rings is 2. The van der Waals surface area contributed by atoms with Crippen LogP contribution >= 0.6 is 34.9 Å². The predicted molar refractivity (Wildman–Crippen MR) is 140 cm³/mol. The molecule has 7 nitrogen and oxygen atoms in total. The Bertz CT molecular complexity index is 1230. The van der Waals surface area contributed by atoms with Crippen molar-refractivity contribution in [3.8, 4) is 22.2 Å². The first-order valence-corrected chi connectivity index (χ1v) is 13.0. The largest absolute Gasteiger partial charge is 0.438 e. The minimum Gasteiger partial charge on any atom is -0.438 e. The number of thiazole rings is 1. The van der Waals surface area contributed by atoms with Crippen LogP contribution in [0, 0.1) is 0 Å². The Morgan fingerprint density at radius 3 is 2.79 bits per heavy atom. The summed E-state index contributed by atoms with van der Waals surface area (Å²) in [6.45, 7) is 1.99. The van der Waals surface area contributed by atoms with E-state index in [1.165, 1.54) is 23.3 Å². The van der Waals surface area contributed by atoms with Gasteiger partial charge in [0.25, 0.3) is 0 Å². The summed E-state index contributed by atoms with van der Waals surface area (Å²) in [6.07, 6.45) is 4.02. The van der Waals surface area contributed by atoms with Gasteiger partial charge in [-0.2, -0.15) is 0 Å². The lowest BCUT2D eigenvalue weighted by molar-refractivity contribution is 0.468. The third-order valence-electron chi connectivity index (χ3n) is 5.24. The summed E-state index contributed by atoms with van der Waals surface area (Å²) in [6, 6.07) is 17.7. The van der Waals surface area contributed by atoms with Crippen LogP contribution in [0.3, 0.4) is 0 Å². The molecular formula is C24H23ClN6OS2. The molecule has 1 atom stereocenters. The molecule has 4 aromatic rings. The van der Waals surface area contributed by atoms with Crippen LogP contribution in [-0.4, -0.2) is 34.1 Å². The summed E-state index contributed by atoms with van der Waals surface area (Å²) in [5.74, 6) is 1.85. The lowest BCUT2D eigenvalue weighted by Crippen LogP contribution is -2.38. The average molecular weight is 511 g/mol. The van der Waals surface area contributed by atoms with Crippen LogP contribution < -0.4 is 20.1 Å². The topological polar surface area (TPSA) is 84.0 Å². The normalized spacial score (nSPS) is 15.6. The number of ether oxygens (including phenoxy) is 1. The van der Waals surface area contributed by atoms with Crippen molar-refractivity contribution in [1.82, 2.24) is 20.3 Å². The molecule has 0 radical (unpaired) electrons. The summed E-state index contributed by atoms with van der Waals surface area (Å²) >= 11 is 9.18. The van der Waals surface area contributed by atoms with Gasteiger partial charge >= 0.3 is 0 Å². The van der Waals surface area contributed by atoms with Crippen LogP contribution in [0.2, 0.25) is 5.02 Å². The van der Waals surface area contributed by atoms with Gasteiger partial charge in [0.15, 0.2) is 0 Å². The molecule has 174 valence electrons. The van der Waals surface area contributed by atoms with Crippen molar-refractivity contribution >= 4 is 46.5 Å². The maximum absolute atomic E-state index is 6.22. The monoisotopic (exact) mass is 510 g/mol. The quantitative estimate of drug-likeness (QED) is 0.237. The molecule has 1 aliphatic rings. The maximum atomic E-state index is 6.22. The van der Waals surface area contributed by atoms with Crippen LogP contribution in [0.1, 0.15) is 12.8 Å². The number of piperidine rings is 1. The molecule has 0 bridgehead atoms. The molecular weight excluding hydrogens is 488 g/mol. The fourth-order valence-corrected chi connectivity index (χ4v) is 5.15. The highest BCUT2D eigenvalue weighted by molar-refractivity contribution is 8.00. The van der Waals surface area contributed by atoms with Crippen LogP contribution in [0.25, 0.3) is 10.6 Å². The zero-order valence-electron chi connectivity index (χ0n) is 18.2.